The fourth-order valence-electron chi connectivity index (χ4n) is 1.01. The van der Waals surface area contributed by atoms with Gasteiger partial charge in [-0.15, -0.1) is 0 Å². The van der Waals surface area contributed by atoms with E-state index in [0.717, 1.165) is 19.4 Å². The van der Waals surface area contributed by atoms with Crippen molar-refractivity contribution < 1.29 is 9.84 Å². The van der Waals surface area contributed by atoms with Crippen LogP contribution in [0.25, 0.3) is 0 Å². The number of hydrogen-bond acceptors (Lipinski definition) is 2. The van der Waals surface area contributed by atoms with Crippen molar-refractivity contribution in [2.24, 2.45) is 0 Å². The highest BCUT2D eigenvalue weighted by Crippen LogP contribution is 2.16. The normalized spacial score (nSPS) is 30.7. The van der Waals surface area contributed by atoms with E-state index >= 15 is 0 Å². The molecule has 1 saturated heterocycles. The molecule has 0 saturated carbocycles. The molecule has 0 unspecified atom stereocenters. The van der Waals surface area contributed by atoms with Crippen LogP contribution in [0.2, 0.25) is 0 Å². The Hall–Kier alpha value is 0.400. The third kappa shape index (κ3) is 1.92. The lowest BCUT2D eigenvalue weighted by Gasteiger charge is -2.13. The zero-order chi connectivity index (χ0) is 6.69. The molecule has 0 amide bonds. The first-order valence-corrected chi connectivity index (χ1v) is 4.32. The summed E-state index contributed by atoms with van der Waals surface area (Å²) in [6.45, 7) is 0.814. The van der Waals surface area contributed by atoms with Crippen LogP contribution in [0, 0.1) is 0 Å². The quantitative estimate of drug-likeness (QED) is 0.664. The van der Waals surface area contributed by atoms with Crippen LogP contribution < -0.4 is 0 Å². The monoisotopic (exact) mass is 194 g/mol. The second-order valence-electron chi connectivity index (χ2n) is 2.27. The van der Waals surface area contributed by atoms with Crippen LogP contribution >= 0.6 is 15.9 Å². The molecule has 0 radical (unpaired) electrons. The van der Waals surface area contributed by atoms with Gasteiger partial charge in [-0.05, 0) is 12.8 Å². The lowest BCUT2D eigenvalue weighted by molar-refractivity contribution is 0.0116. The van der Waals surface area contributed by atoms with Gasteiger partial charge in [0.2, 0.25) is 0 Å². The highest BCUT2D eigenvalue weighted by atomic mass is 79.9. The lowest BCUT2D eigenvalue weighted by atomic mass is 10.2. The van der Waals surface area contributed by atoms with Gasteiger partial charge in [0.15, 0.2) is 0 Å². The minimum Gasteiger partial charge on any atom is -0.390 e. The highest BCUT2D eigenvalue weighted by molar-refractivity contribution is 9.09. The summed E-state index contributed by atoms with van der Waals surface area (Å²) in [6.07, 6.45) is 1.87. The Kier molecular flexibility index (Phi) is 2.95. The molecule has 9 heavy (non-hydrogen) atoms. The van der Waals surface area contributed by atoms with E-state index in [0.29, 0.717) is 5.33 Å². The van der Waals surface area contributed by atoms with Crippen LogP contribution in [-0.4, -0.2) is 29.3 Å². The molecule has 3 heteroatoms. The molecular formula is C6H11BrO2. The minimum atomic E-state index is -0.313. The Morgan fingerprint density at radius 3 is 3.00 bits per heavy atom. The van der Waals surface area contributed by atoms with E-state index in [1.807, 2.05) is 0 Å². The Bertz CT molecular complexity index is 81.1. The molecule has 54 valence electrons. The zero-order valence-corrected chi connectivity index (χ0v) is 6.80. The number of alkyl halides is 1. The fourth-order valence-corrected chi connectivity index (χ4v) is 1.42. The lowest BCUT2D eigenvalue weighted by Crippen LogP contribution is -2.26. The van der Waals surface area contributed by atoms with Crippen molar-refractivity contribution in [1.29, 1.82) is 0 Å². The second-order valence-corrected chi connectivity index (χ2v) is 2.92. The minimum absolute atomic E-state index is 0.0874. The molecule has 2 nitrogen and oxygen atoms in total. The summed E-state index contributed by atoms with van der Waals surface area (Å²) in [5, 5.41) is 9.81. The van der Waals surface area contributed by atoms with Gasteiger partial charge in [-0.3, -0.25) is 0 Å². The number of halogens is 1. The van der Waals surface area contributed by atoms with E-state index in [9.17, 15) is 5.11 Å². The summed E-state index contributed by atoms with van der Waals surface area (Å²) in [5.41, 5.74) is 0. The van der Waals surface area contributed by atoms with E-state index in [1.54, 1.807) is 0 Å². The van der Waals surface area contributed by atoms with Crippen LogP contribution in [0.1, 0.15) is 12.8 Å². The van der Waals surface area contributed by atoms with Crippen molar-refractivity contribution in [1.82, 2.24) is 0 Å². The maximum atomic E-state index is 9.19. The predicted molar refractivity (Wildman–Crippen MR) is 38.8 cm³/mol. The van der Waals surface area contributed by atoms with Crippen molar-refractivity contribution in [2.45, 2.75) is 25.0 Å². The number of aliphatic hydroxyl groups excluding tert-OH is 1. The van der Waals surface area contributed by atoms with E-state index in [4.69, 9.17) is 4.74 Å². The van der Waals surface area contributed by atoms with Gasteiger partial charge in [-0.25, -0.2) is 0 Å². The van der Waals surface area contributed by atoms with E-state index in [2.05, 4.69) is 15.9 Å². The molecule has 0 spiro atoms. The second kappa shape index (κ2) is 3.54. The summed E-state index contributed by atoms with van der Waals surface area (Å²) in [4.78, 5) is 0. The Morgan fingerprint density at radius 2 is 2.56 bits per heavy atom. The van der Waals surface area contributed by atoms with Gasteiger partial charge in [-0.1, -0.05) is 15.9 Å². The van der Waals surface area contributed by atoms with Gasteiger partial charge in [-0.2, -0.15) is 0 Å². The average molecular weight is 195 g/mol. The molecule has 1 aliphatic heterocycles. The van der Waals surface area contributed by atoms with Crippen LogP contribution in [0.3, 0.4) is 0 Å². The molecule has 1 fully saturated rings. The van der Waals surface area contributed by atoms with Crippen LogP contribution in [-0.2, 0) is 4.74 Å². The number of ether oxygens (including phenoxy) is 1. The summed E-state index contributed by atoms with van der Waals surface area (Å²) in [6, 6.07) is 0. The molecule has 0 aromatic heterocycles. The van der Waals surface area contributed by atoms with E-state index in [1.165, 1.54) is 0 Å². The summed E-state index contributed by atoms with van der Waals surface area (Å²) >= 11 is 3.19. The molecule has 1 N–H and O–H groups in total. The average Bonchev–Trinajstić information content (AvgIpc) is 2.37. The molecule has 0 bridgehead atoms. The molecule has 1 aliphatic rings. The topological polar surface area (TPSA) is 29.5 Å². The van der Waals surface area contributed by atoms with Crippen LogP contribution in [0.15, 0.2) is 0 Å². The first-order chi connectivity index (χ1) is 4.34. The first kappa shape index (κ1) is 7.51. The van der Waals surface area contributed by atoms with Crippen LogP contribution in [0.4, 0.5) is 0 Å². The Morgan fingerprint density at radius 1 is 1.78 bits per heavy atom. The summed E-state index contributed by atoms with van der Waals surface area (Å²) < 4.78 is 5.23. The molecule has 0 aliphatic carbocycles. The standard InChI is InChI=1S/C6H11BrO2/c7-4-5(8)6-2-1-3-9-6/h5-6,8H,1-4H2/t5-,6+/m1/s1. The van der Waals surface area contributed by atoms with Gasteiger partial charge in [0.05, 0.1) is 12.2 Å². The predicted octanol–water partition coefficient (Wildman–Crippen LogP) is 0.921. The zero-order valence-electron chi connectivity index (χ0n) is 5.22. The molecule has 2 atom stereocenters. The maximum absolute atomic E-state index is 9.19. The van der Waals surface area contributed by atoms with Crippen LogP contribution in [0.5, 0.6) is 0 Å². The fraction of sp³-hybridized carbons (Fsp3) is 1.00. The maximum Gasteiger partial charge on any atom is 0.0898 e. The van der Waals surface area contributed by atoms with Crippen molar-refractivity contribution in [2.75, 3.05) is 11.9 Å². The van der Waals surface area contributed by atoms with Gasteiger partial charge < -0.3 is 9.84 Å². The van der Waals surface area contributed by atoms with Gasteiger partial charge in [0.25, 0.3) is 0 Å². The third-order valence-corrected chi connectivity index (χ3v) is 2.22. The van der Waals surface area contributed by atoms with Crippen molar-refractivity contribution in [3.8, 4) is 0 Å². The third-order valence-electron chi connectivity index (χ3n) is 1.55. The summed E-state index contributed by atoms with van der Waals surface area (Å²) in [7, 11) is 0. The number of aliphatic hydroxyl groups is 1. The first-order valence-electron chi connectivity index (χ1n) is 3.20. The highest BCUT2D eigenvalue weighted by Gasteiger charge is 2.22. The Labute approximate surface area is 63.3 Å². The SMILES string of the molecule is O[C@H](CBr)[C@@H]1CCCO1. The van der Waals surface area contributed by atoms with E-state index < -0.39 is 0 Å². The molecule has 0 aromatic carbocycles. The number of hydrogen-bond donors (Lipinski definition) is 1. The summed E-state index contributed by atoms with van der Waals surface area (Å²) in [5.74, 6) is 0. The van der Waals surface area contributed by atoms with Crippen molar-refractivity contribution in [3.05, 3.63) is 0 Å². The molecular weight excluding hydrogens is 184 g/mol. The Balaban J connectivity index is 2.24. The van der Waals surface area contributed by atoms with Crippen molar-refractivity contribution in [3.63, 3.8) is 0 Å². The molecule has 1 rings (SSSR count). The molecule has 1 heterocycles. The van der Waals surface area contributed by atoms with E-state index in [-0.39, 0.29) is 12.2 Å². The smallest absolute Gasteiger partial charge is 0.0898 e. The van der Waals surface area contributed by atoms with Gasteiger partial charge in [0, 0.05) is 11.9 Å². The van der Waals surface area contributed by atoms with Gasteiger partial charge in [0.1, 0.15) is 0 Å². The largest absolute Gasteiger partial charge is 0.390 e. The van der Waals surface area contributed by atoms with Gasteiger partial charge >= 0.3 is 0 Å². The molecule has 0 aromatic rings. The number of rotatable bonds is 2. The van der Waals surface area contributed by atoms with Crippen molar-refractivity contribution >= 4 is 15.9 Å².